The van der Waals surface area contributed by atoms with Crippen LogP contribution in [0.4, 0.5) is 0 Å². The monoisotopic (exact) mass is 240 g/mol. The molecule has 5 heteroatoms. The van der Waals surface area contributed by atoms with E-state index in [0.29, 0.717) is 0 Å². The largest absolute Gasteiger partial charge is 0.328 e. The molecule has 2 aliphatic rings. The highest BCUT2D eigenvalue weighted by atomic mass is 33.2. The third-order valence-electron chi connectivity index (χ3n) is 2.99. The van der Waals surface area contributed by atoms with Crippen LogP contribution in [0.2, 0.25) is 0 Å². The van der Waals surface area contributed by atoms with Gasteiger partial charge in [-0.2, -0.15) is 0 Å². The maximum atomic E-state index is 5.83. The minimum absolute atomic E-state index is 0.0870. The Morgan fingerprint density at radius 3 is 2.25 bits per heavy atom. The average Bonchev–Trinajstić information content (AvgIpc) is 2.40. The van der Waals surface area contributed by atoms with Crippen LogP contribution < -0.4 is 0 Å². The number of rotatable bonds is 2. The van der Waals surface area contributed by atoms with Gasteiger partial charge in [-0.05, 0) is 49.8 Å². The quantitative estimate of drug-likeness (QED) is 0.565. The molecule has 0 aromatic rings. The Morgan fingerprint density at radius 2 is 1.92 bits per heavy atom. The van der Waals surface area contributed by atoms with Crippen LogP contribution in [0.1, 0.15) is 32.1 Å². The Bertz CT molecular complexity index is 229. The number of thiol groups is 2. The molecule has 0 atom stereocenters. The van der Waals surface area contributed by atoms with Gasteiger partial charge in [0.1, 0.15) is 0 Å². The second-order valence-electron chi connectivity index (χ2n) is 3.91. The zero-order valence-electron chi connectivity index (χ0n) is 6.77. The second-order valence-corrected chi connectivity index (χ2v) is 12.6. The number of hydrogen-bond donors (Lipinski definition) is 2. The molecule has 0 unspecified atom stereocenters. The van der Waals surface area contributed by atoms with Gasteiger partial charge in [-0.25, -0.2) is 0 Å². The standard InChI is InChI=1S/C7H13OPS3/c10-9(11,12)8-7-3-1-6(5-7)2-4-7/h6H,1-5H2,(H2,10,11,12). The minimum Gasteiger partial charge on any atom is -0.328 e. The van der Waals surface area contributed by atoms with E-state index in [1.807, 2.05) is 0 Å². The Balaban J connectivity index is 2.08. The van der Waals surface area contributed by atoms with Crippen LogP contribution in [0.3, 0.4) is 0 Å². The fourth-order valence-corrected chi connectivity index (χ4v) is 4.79. The summed E-state index contributed by atoms with van der Waals surface area (Å²) in [6.45, 7) is 0. The summed E-state index contributed by atoms with van der Waals surface area (Å²) in [7, 11) is 0. The van der Waals surface area contributed by atoms with E-state index in [2.05, 4.69) is 24.5 Å². The summed E-state index contributed by atoms with van der Waals surface area (Å²) in [5, 5.41) is 0. The number of fused-ring (bicyclic) bond motifs is 2. The van der Waals surface area contributed by atoms with Crippen molar-refractivity contribution in [1.82, 2.24) is 0 Å². The van der Waals surface area contributed by atoms with Crippen LogP contribution in [0, 0.1) is 5.92 Å². The first-order valence-corrected chi connectivity index (χ1v) is 9.28. The molecule has 2 bridgehead atoms. The molecule has 0 saturated heterocycles. The Kier molecular flexibility index (Phi) is 2.60. The van der Waals surface area contributed by atoms with Gasteiger partial charge in [0.05, 0.1) is 5.60 Å². The molecule has 0 aliphatic heterocycles. The van der Waals surface area contributed by atoms with Gasteiger partial charge in [0, 0.05) is 0 Å². The summed E-state index contributed by atoms with van der Waals surface area (Å²) < 4.78 is 3.78. The first-order valence-electron chi connectivity index (χ1n) is 4.25. The second kappa shape index (κ2) is 3.16. The van der Waals surface area contributed by atoms with Crippen molar-refractivity contribution in [1.29, 1.82) is 0 Å². The molecule has 2 saturated carbocycles. The number of hydrogen-bond acceptors (Lipinski definition) is 2. The van der Waals surface area contributed by atoms with Crippen molar-refractivity contribution in [2.45, 2.75) is 37.7 Å². The lowest BCUT2D eigenvalue weighted by atomic mass is 9.98. The molecule has 2 aliphatic carbocycles. The average molecular weight is 240 g/mol. The van der Waals surface area contributed by atoms with E-state index < -0.39 is 4.67 Å². The van der Waals surface area contributed by atoms with E-state index in [-0.39, 0.29) is 5.60 Å². The summed E-state index contributed by atoms with van der Waals surface area (Å²) in [4.78, 5) is 0. The molecule has 2 rings (SSSR count). The molecular weight excluding hydrogens is 227 g/mol. The van der Waals surface area contributed by atoms with Gasteiger partial charge in [-0.1, -0.05) is 0 Å². The van der Waals surface area contributed by atoms with Crippen LogP contribution in [0.5, 0.6) is 0 Å². The molecule has 0 spiro atoms. The van der Waals surface area contributed by atoms with E-state index in [9.17, 15) is 0 Å². The zero-order valence-corrected chi connectivity index (χ0v) is 10.3. The van der Waals surface area contributed by atoms with Gasteiger partial charge in [0.2, 0.25) is 0 Å². The predicted molar refractivity (Wildman–Crippen MR) is 62.6 cm³/mol. The normalized spacial score (nSPS) is 40.7. The van der Waals surface area contributed by atoms with Crippen LogP contribution in [0.15, 0.2) is 0 Å². The molecule has 0 heterocycles. The van der Waals surface area contributed by atoms with Crippen molar-refractivity contribution in [2.75, 3.05) is 0 Å². The Labute approximate surface area is 89.0 Å². The molecule has 2 fully saturated rings. The molecule has 0 aromatic heterocycles. The highest BCUT2D eigenvalue weighted by Gasteiger charge is 2.47. The van der Waals surface area contributed by atoms with Gasteiger partial charge in [-0.3, -0.25) is 0 Å². The zero-order chi connectivity index (χ0) is 8.82. The van der Waals surface area contributed by atoms with Crippen LogP contribution in [0.25, 0.3) is 0 Å². The SMILES string of the molecule is S=P(S)(S)OC12CCC(CC1)C2. The summed E-state index contributed by atoms with van der Waals surface area (Å²) >= 11 is 13.5. The lowest BCUT2D eigenvalue weighted by Gasteiger charge is -2.29. The maximum absolute atomic E-state index is 5.83. The van der Waals surface area contributed by atoms with Crippen molar-refractivity contribution < 1.29 is 4.52 Å². The lowest BCUT2D eigenvalue weighted by molar-refractivity contribution is 0.103. The molecule has 0 amide bonds. The predicted octanol–water partition coefficient (Wildman–Crippen LogP) is 3.42. The summed E-state index contributed by atoms with van der Waals surface area (Å²) in [5.74, 6) is 0.896. The first kappa shape index (κ1) is 9.85. The summed E-state index contributed by atoms with van der Waals surface area (Å²) in [5.41, 5.74) is 0.0870. The highest BCUT2D eigenvalue weighted by Crippen LogP contribution is 2.65. The third kappa shape index (κ3) is 2.03. The van der Waals surface area contributed by atoms with E-state index in [0.717, 1.165) is 5.92 Å². The molecular formula is C7H13OPS3. The Hall–Kier alpha value is 1.31. The van der Waals surface area contributed by atoms with Gasteiger partial charge in [0.15, 0.2) is 4.67 Å². The van der Waals surface area contributed by atoms with Crippen molar-refractivity contribution in [3.05, 3.63) is 0 Å². The van der Waals surface area contributed by atoms with Crippen molar-refractivity contribution in [3.8, 4) is 0 Å². The smallest absolute Gasteiger partial charge is 0.169 e. The minimum atomic E-state index is -2.05. The van der Waals surface area contributed by atoms with E-state index >= 15 is 0 Å². The van der Waals surface area contributed by atoms with Crippen molar-refractivity contribution in [2.24, 2.45) is 5.92 Å². The van der Waals surface area contributed by atoms with Gasteiger partial charge in [0.25, 0.3) is 0 Å². The van der Waals surface area contributed by atoms with Gasteiger partial charge >= 0.3 is 0 Å². The van der Waals surface area contributed by atoms with Crippen LogP contribution >= 0.6 is 29.2 Å². The molecule has 0 N–H and O–H groups in total. The summed E-state index contributed by atoms with van der Waals surface area (Å²) in [6, 6.07) is 0. The third-order valence-corrected chi connectivity index (χ3v) is 4.33. The fraction of sp³-hybridized carbons (Fsp3) is 1.00. The van der Waals surface area contributed by atoms with Gasteiger partial charge < -0.3 is 4.52 Å². The Morgan fingerprint density at radius 1 is 1.33 bits per heavy atom. The van der Waals surface area contributed by atoms with E-state index in [1.165, 1.54) is 32.1 Å². The van der Waals surface area contributed by atoms with Crippen LogP contribution in [-0.2, 0) is 16.3 Å². The molecule has 0 aromatic carbocycles. The topological polar surface area (TPSA) is 9.23 Å². The maximum Gasteiger partial charge on any atom is 0.169 e. The summed E-state index contributed by atoms with van der Waals surface area (Å²) in [6.07, 6.45) is 6.19. The van der Waals surface area contributed by atoms with Crippen molar-refractivity contribution in [3.63, 3.8) is 0 Å². The highest BCUT2D eigenvalue weighted by molar-refractivity contribution is 8.90. The molecule has 1 nitrogen and oxygen atoms in total. The van der Waals surface area contributed by atoms with Crippen LogP contribution in [-0.4, -0.2) is 5.60 Å². The van der Waals surface area contributed by atoms with E-state index in [1.54, 1.807) is 0 Å². The first-order chi connectivity index (χ1) is 5.49. The molecule has 70 valence electrons. The van der Waals surface area contributed by atoms with E-state index in [4.69, 9.17) is 16.3 Å². The molecule has 12 heavy (non-hydrogen) atoms. The lowest BCUT2D eigenvalue weighted by Crippen LogP contribution is -2.23. The fourth-order valence-electron chi connectivity index (χ4n) is 2.52. The van der Waals surface area contributed by atoms with Crippen molar-refractivity contribution >= 4 is 41.0 Å². The van der Waals surface area contributed by atoms with Gasteiger partial charge in [-0.15, -0.1) is 24.5 Å². The molecule has 0 radical (unpaired) electrons.